The largest absolute Gasteiger partial charge is 0.493 e. The van der Waals surface area contributed by atoms with Crippen LogP contribution in [0.2, 0.25) is 0 Å². The van der Waals surface area contributed by atoms with Crippen LogP contribution in [0.25, 0.3) is 0 Å². The van der Waals surface area contributed by atoms with Gasteiger partial charge in [-0.15, -0.1) is 0 Å². The van der Waals surface area contributed by atoms with E-state index < -0.39 is 0 Å². The number of nitrogens with zero attached hydrogens (tertiary/aromatic N) is 5. The van der Waals surface area contributed by atoms with Crippen molar-refractivity contribution >= 4 is 34.2 Å². The number of methoxy groups -OCH3 is 2. The number of carbonyl (C=O) groups excluding carboxylic acids is 1. The summed E-state index contributed by atoms with van der Waals surface area (Å²) in [5.41, 5.74) is 3.98. The zero-order chi connectivity index (χ0) is 27.4. The number of ether oxygens (including phenoxy) is 3. The van der Waals surface area contributed by atoms with Gasteiger partial charge >= 0.3 is 5.97 Å². The van der Waals surface area contributed by atoms with Crippen LogP contribution in [-0.4, -0.2) is 79.4 Å². The highest BCUT2D eigenvalue weighted by atomic mass is 32.1. The number of piperazine rings is 1. The molecule has 12 heteroatoms. The Morgan fingerprint density at radius 1 is 1.10 bits per heavy atom. The maximum atomic E-state index is 12.3. The third-order valence-corrected chi connectivity index (χ3v) is 7.92. The van der Waals surface area contributed by atoms with E-state index in [9.17, 15) is 4.79 Å². The van der Waals surface area contributed by atoms with Gasteiger partial charge in [0.2, 0.25) is 5.95 Å². The van der Waals surface area contributed by atoms with Gasteiger partial charge in [-0.25, -0.2) is 14.8 Å². The van der Waals surface area contributed by atoms with Crippen LogP contribution in [0, 0.1) is 6.92 Å². The Morgan fingerprint density at radius 3 is 2.64 bits per heavy atom. The van der Waals surface area contributed by atoms with E-state index in [0.717, 1.165) is 74.3 Å². The lowest BCUT2D eigenvalue weighted by atomic mass is 10.0. The molecule has 11 nitrogen and oxygen atoms in total. The summed E-state index contributed by atoms with van der Waals surface area (Å²) in [5.74, 6) is 2.55. The molecule has 0 unspecified atom stereocenters. The van der Waals surface area contributed by atoms with Gasteiger partial charge in [0, 0.05) is 51.4 Å². The van der Waals surface area contributed by atoms with Gasteiger partial charge in [0.15, 0.2) is 16.6 Å². The van der Waals surface area contributed by atoms with Crippen LogP contribution >= 0.6 is 11.3 Å². The van der Waals surface area contributed by atoms with Crippen molar-refractivity contribution in [1.82, 2.24) is 25.2 Å². The Balaban J connectivity index is 1.41. The molecule has 0 aliphatic carbocycles. The van der Waals surface area contributed by atoms with Gasteiger partial charge in [0.25, 0.3) is 0 Å². The summed E-state index contributed by atoms with van der Waals surface area (Å²) in [6, 6.07) is 6.04. The first kappa shape index (κ1) is 27.1. The summed E-state index contributed by atoms with van der Waals surface area (Å²) in [6.07, 6.45) is 0.867. The number of carbonyl (C=O) groups is 1. The highest BCUT2D eigenvalue weighted by molar-refractivity contribution is 7.17. The van der Waals surface area contributed by atoms with Crippen LogP contribution in [0.1, 0.15) is 39.1 Å². The van der Waals surface area contributed by atoms with E-state index in [1.165, 1.54) is 16.9 Å². The molecule has 2 aliphatic heterocycles. The van der Waals surface area contributed by atoms with Crippen LogP contribution in [0.15, 0.2) is 18.2 Å². The van der Waals surface area contributed by atoms with Gasteiger partial charge < -0.3 is 24.4 Å². The molecule has 1 saturated heterocycles. The number of hydrogen-bond donors (Lipinski definition) is 2. The molecule has 2 N–H and O–H groups in total. The SMILES string of the molecule is CCOC(=O)c1sc(Nc2nc3c(c(N4CCNCC4)n2)CCN(Cc2ccc(OC)c(OC)c2)C3)nc1C. The lowest BCUT2D eigenvalue weighted by molar-refractivity contribution is 0.0531. The Kier molecular flexibility index (Phi) is 8.44. The molecular weight excluding hydrogens is 518 g/mol. The summed E-state index contributed by atoms with van der Waals surface area (Å²) in [5, 5.41) is 7.26. The molecule has 2 aromatic heterocycles. The molecule has 39 heavy (non-hydrogen) atoms. The van der Waals surface area contributed by atoms with E-state index in [2.05, 4.69) is 31.5 Å². The quantitative estimate of drug-likeness (QED) is 0.381. The van der Waals surface area contributed by atoms with Crippen molar-refractivity contribution in [3.63, 3.8) is 0 Å². The summed E-state index contributed by atoms with van der Waals surface area (Å²) < 4.78 is 16.1. The topological polar surface area (TPSA) is 114 Å². The number of rotatable bonds is 9. The predicted octanol–water partition coefficient (Wildman–Crippen LogP) is 3.15. The van der Waals surface area contributed by atoms with Gasteiger partial charge in [-0.05, 0) is 38.0 Å². The summed E-state index contributed by atoms with van der Waals surface area (Å²) >= 11 is 1.26. The fourth-order valence-corrected chi connectivity index (χ4v) is 5.82. The van der Waals surface area contributed by atoms with Crippen molar-refractivity contribution in [2.24, 2.45) is 0 Å². The number of thiazole rings is 1. The zero-order valence-corrected chi connectivity index (χ0v) is 23.7. The molecule has 0 bridgehead atoms. The lowest BCUT2D eigenvalue weighted by Crippen LogP contribution is -2.45. The first-order chi connectivity index (χ1) is 19.0. The predicted molar refractivity (Wildman–Crippen MR) is 151 cm³/mol. The number of hydrogen-bond acceptors (Lipinski definition) is 12. The third kappa shape index (κ3) is 6.07. The van der Waals surface area contributed by atoms with Gasteiger partial charge in [0.1, 0.15) is 10.7 Å². The highest BCUT2D eigenvalue weighted by Gasteiger charge is 2.27. The minimum absolute atomic E-state index is 0.320. The second kappa shape index (κ2) is 12.1. The molecule has 5 rings (SSSR count). The average molecular weight is 554 g/mol. The number of esters is 1. The minimum atomic E-state index is -0.362. The molecule has 4 heterocycles. The van der Waals surface area contributed by atoms with Crippen LogP contribution in [-0.2, 0) is 24.2 Å². The number of fused-ring (bicyclic) bond motifs is 1. The fourth-order valence-electron chi connectivity index (χ4n) is 4.96. The van der Waals surface area contributed by atoms with Crippen LogP contribution in [0.4, 0.5) is 16.9 Å². The first-order valence-electron chi connectivity index (χ1n) is 13.2. The van der Waals surface area contributed by atoms with E-state index in [1.54, 1.807) is 28.1 Å². The monoisotopic (exact) mass is 553 g/mol. The lowest BCUT2D eigenvalue weighted by Gasteiger charge is -2.34. The number of aryl methyl sites for hydroxylation is 1. The van der Waals surface area contributed by atoms with Crippen molar-refractivity contribution in [3.05, 3.63) is 45.6 Å². The van der Waals surface area contributed by atoms with Gasteiger partial charge in [-0.3, -0.25) is 10.2 Å². The minimum Gasteiger partial charge on any atom is -0.493 e. The molecule has 208 valence electrons. The maximum Gasteiger partial charge on any atom is 0.350 e. The van der Waals surface area contributed by atoms with Crippen molar-refractivity contribution < 1.29 is 19.0 Å². The number of nitrogens with one attached hydrogen (secondary N) is 2. The molecule has 1 fully saturated rings. The smallest absolute Gasteiger partial charge is 0.350 e. The normalized spacial score (nSPS) is 15.5. The van der Waals surface area contributed by atoms with Gasteiger partial charge in [-0.2, -0.15) is 4.98 Å². The molecule has 0 amide bonds. The summed E-state index contributed by atoms with van der Waals surface area (Å²) in [4.78, 5) is 31.9. The van der Waals surface area contributed by atoms with E-state index in [-0.39, 0.29) is 5.97 Å². The standard InChI is InChI=1S/C27H35N7O4S/c1-5-38-25(35)23-17(2)29-27(39-23)32-26-30-20-16-33(15-18-6-7-21(36-3)22(14-18)37-4)11-8-19(20)24(31-26)34-12-9-28-10-13-34/h6-7,14,28H,5,8-13,15-16H2,1-4H3,(H,29,30,31,32). The molecule has 2 aliphatic rings. The second-order valence-electron chi connectivity index (χ2n) is 9.46. The average Bonchev–Trinajstić information content (AvgIpc) is 3.32. The third-order valence-electron chi connectivity index (χ3n) is 6.87. The van der Waals surface area contributed by atoms with Crippen molar-refractivity contribution in [2.45, 2.75) is 33.4 Å². The van der Waals surface area contributed by atoms with Crippen LogP contribution in [0.5, 0.6) is 11.5 Å². The maximum absolute atomic E-state index is 12.3. The Labute approximate surface area is 232 Å². The second-order valence-corrected chi connectivity index (χ2v) is 10.5. The van der Waals surface area contributed by atoms with Crippen molar-refractivity contribution in [3.8, 4) is 11.5 Å². The van der Waals surface area contributed by atoms with E-state index in [0.29, 0.717) is 34.8 Å². The van der Waals surface area contributed by atoms with E-state index in [1.807, 2.05) is 12.1 Å². The highest BCUT2D eigenvalue weighted by Crippen LogP contribution is 2.32. The number of aromatic nitrogens is 3. The summed E-state index contributed by atoms with van der Waals surface area (Å²) in [6.45, 7) is 9.91. The molecule has 0 radical (unpaired) electrons. The zero-order valence-electron chi connectivity index (χ0n) is 22.9. The Bertz CT molecular complexity index is 1330. The number of anilines is 3. The number of benzene rings is 1. The van der Waals surface area contributed by atoms with Crippen molar-refractivity contribution in [2.75, 3.05) is 63.8 Å². The fraction of sp³-hybridized carbons (Fsp3) is 0.481. The van der Waals surface area contributed by atoms with Crippen molar-refractivity contribution in [1.29, 1.82) is 0 Å². The molecule has 3 aromatic rings. The molecule has 0 spiro atoms. The molecule has 1 aromatic carbocycles. The van der Waals surface area contributed by atoms with E-state index >= 15 is 0 Å². The molecule has 0 atom stereocenters. The van der Waals surface area contributed by atoms with E-state index in [4.69, 9.17) is 24.2 Å². The Morgan fingerprint density at radius 2 is 1.90 bits per heavy atom. The van der Waals surface area contributed by atoms with Crippen LogP contribution < -0.4 is 25.0 Å². The van der Waals surface area contributed by atoms with Crippen LogP contribution in [0.3, 0.4) is 0 Å². The van der Waals surface area contributed by atoms with Gasteiger partial charge in [-0.1, -0.05) is 17.4 Å². The first-order valence-corrected chi connectivity index (χ1v) is 14.0. The Hall–Kier alpha value is -3.48. The van der Waals surface area contributed by atoms with Gasteiger partial charge in [0.05, 0.1) is 32.2 Å². The molecular formula is C27H35N7O4S. The molecule has 0 saturated carbocycles. The summed E-state index contributed by atoms with van der Waals surface area (Å²) in [7, 11) is 3.30.